The van der Waals surface area contributed by atoms with Gasteiger partial charge in [-0.3, -0.25) is 9.59 Å². The number of amides is 1. The number of nitrogens with one attached hydrogen (secondary N) is 1. The summed E-state index contributed by atoms with van der Waals surface area (Å²) in [5, 5.41) is 0. The first-order valence-corrected chi connectivity index (χ1v) is 10.3. The number of carbonyl (C=O) groups excluding carboxylic acids is 1. The van der Waals surface area contributed by atoms with E-state index in [4.69, 9.17) is 0 Å². The van der Waals surface area contributed by atoms with Crippen LogP contribution in [0.4, 0.5) is 0 Å². The molecule has 0 aliphatic carbocycles. The number of H-pyrrole nitrogens is 1. The van der Waals surface area contributed by atoms with Crippen LogP contribution in [-0.2, 0) is 0 Å². The van der Waals surface area contributed by atoms with Crippen LogP contribution < -0.4 is 5.56 Å². The van der Waals surface area contributed by atoms with Gasteiger partial charge < -0.3 is 14.8 Å². The van der Waals surface area contributed by atoms with Crippen LogP contribution in [0.15, 0.2) is 53.5 Å². The molecule has 1 atom stereocenters. The second kappa shape index (κ2) is 7.92. The van der Waals surface area contributed by atoms with Gasteiger partial charge in [0.05, 0.1) is 5.56 Å². The number of aromatic amines is 1. The molecule has 0 saturated carbocycles. The van der Waals surface area contributed by atoms with Crippen molar-refractivity contribution in [3.8, 4) is 0 Å². The van der Waals surface area contributed by atoms with E-state index < -0.39 is 0 Å². The Balaban J connectivity index is 1.46. The van der Waals surface area contributed by atoms with Crippen molar-refractivity contribution < 1.29 is 4.79 Å². The number of hydrogen-bond acceptors (Lipinski definition) is 3. The molecule has 1 aromatic heterocycles. The van der Waals surface area contributed by atoms with Crippen molar-refractivity contribution in [2.45, 2.75) is 32.1 Å². The molecule has 1 aromatic carbocycles. The highest BCUT2D eigenvalue weighted by atomic mass is 16.2. The Kier molecular flexibility index (Phi) is 5.36. The molecule has 28 heavy (non-hydrogen) atoms. The van der Waals surface area contributed by atoms with Crippen LogP contribution in [0.2, 0.25) is 0 Å². The van der Waals surface area contributed by atoms with Gasteiger partial charge >= 0.3 is 0 Å². The number of rotatable bonds is 3. The van der Waals surface area contributed by atoms with Crippen molar-refractivity contribution in [2.24, 2.45) is 5.41 Å². The summed E-state index contributed by atoms with van der Waals surface area (Å²) in [6.45, 7) is 7.16. The molecule has 1 amide bonds. The molecule has 1 N–H and O–H groups in total. The largest absolute Gasteiger partial charge is 0.339 e. The monoisotopic (exact) mass is 379 g/mol. The average molecular weight is 380 g/mol. The number of hydrogen-bond donors (Lipinski definition) is 1. The van der Waals surface area contributed by atoms with Crippen molar-refractivity contribution in [3.05, 3.63) is 70.1 Å². The molecule has 2 aromatic rings. The number of piperidine rings is 2. The number of aromatic nitrogens is 1. The third-order valence-electron chi connectivity index (χ3n) is 6.58. The summed E-state index contributed by atoms with van der Waals surface area (Å²) < 4.78 is 0. The molecule has 4 rings (SSSR count). The van der Waals surface area contributed by atoms with E-state index in [1.54, 1.807) is 6.07 Å². The van der Waals surface area contributed by atoms with E-state index in [9.17, 15) is 9.59 Å². The van der Waals surface area contributed by atoms with E-state index in [-0.39, 0.29) is 16.9 Å². The lowest BCUT2D eigenvalue weighted by Crippen LogP contribution is -2.52. The second-order valence-electron chi connectivity index (χ2n) is 8.37. The molecule has 148 valence electrons. The lowest BCUT2D eigenvalue weighted by atomic mass is 9.68. The smallest absolute Gasteiger partial charge is 0.255 e. The summed E-state index contributed by atoms with van der Waals surface area (Å²) in [6.07, 6.45) is 4.82. The van der Waals surface area contributed by atoms with Crippen LogP contribution in [0, 0.1) is 5.41 Å². The molecule has 2 fully saturated rings. The number of pyridine rings is 1. The number of carbonyl (C=O) groups is 1. The fourth-order valence-electron chi connectivity index (χ4n) is 4.96. The normalized spacial score (nSPS) is 22.3. The molecule has 1 spiro atoms. The van der Waals surface area contributed by atoms with Crippen LogP contribution >= 0.6 is 0 Å². The summed E-state index contributed by atoms with van der Waals surface area (Å²) in [7, 11) is 0. The molecular formula is C23H29N3O2. The van der Waals surface area contributed by atoms with Crippen LogP contribution in [0.5, 0.6) is 0 Å². The lowest BCUT2D eigenvalue weighted by molar-refractivity contribution is 0.0158. The van der Waals surface area contributed by atoms with E-state index in [0.717, 1.165) is 45.6 Å². The van der Waals surface area contributed by atoms with Gasteiger partial charge in [0.1, 0.15) is 0 Å². The van der Waals surface area contributed by atoms with E-state index >= 15 is 0 Å². The van der Waals surface area contributed by atoms with Gasteiger partial charge in [0, 0.05) is 38.4 Å². The molecule has 5 nitrogen and oxygen atoms in total. The van der Waals surface area contributed by atoms with Gasteiger partial charge in [-0.2, -0.15) is 0 Å². The van der Waals surface area contributed by atoms with Crippen molar-refractivity contribution >= 4 is 5.91 Å². The van der Waals surface area contributed by atoms with Gasteiger partial charge in [0.2, 0.25) is 5.56 Å². The minimum atomic E-state index is -0.178. The zero-order valence-corrected chi connectivity index (χ0v) is 16.6. The Morgan fingerprint density at radius 1 is 1.14 bits per heavy atom. The van der Waals surface area contributed by atoms with Crippen molar-refractivity contribution in [1.29, 1.82) is 0 Å². The Morgan fingerprint density at radius 3 is 2.54 bits per heavy atom. The lowest BCUT2D eigenvalue weighted by Gasteiger charge is -2.50. The fraction of sp³-hybridized carbons (Fsp3) is 0.478. The minimum absolute atomic E-state index is 0.0221. The van der Waals surface area contributed by atoms with Gasteiger partial charge in [-0.15, -0.1) is 0 Å². The number of nitrogens with zero attached hydrogens (tertiary/aromatic N) is 2. The molecule has 3 heterocycles. The van der Waals surface area contributed by atoms with E-state index in [1.165, 1.54) is 24.2 Å². The highest BCUT2D eigenvalue weighted by Crippen LogP contribution is 2.45. The maximum Gasteiger partial charge on any atom is 0.255 e. The Morgan fingerprint density at radius 2 is 1.89 bits per heavy atom. The Hall–Kier alpha value is -2.40. The zero-order valence-electron chi connectivity index (χ0n) is 16.6. The standard InChI is InChI=1S/C23H29N3O2/c1-2-25-16-20(18-6-4-3-5-7-18)14-23(17-25)10-12-26(13-11-23)22(28)19-8-9-21(27)24-15-19/h3-9,15,20H,2,10-14,16-17H2,1H3,(H,24,27). The quantitative estimate of drug-likeness (QED) is 0.892. The molecule has 0 bridgehead atoms. The molecular weight excluding hydrogens is 350 g/mol. The average Bonchev–Trinajstić information content (AvgIpc) is 2.74. The first-order valence-electron chi connectivity index (χ1n) is 10.3. The number of likely N-dealkylation sites (tertiary alicyclic amines) is 2. The Labute approximate surface area is 166 Å². The molecule has 1 unspecified atom stereocenters. The predicted octanol–water partition coefficient (Wildman–Crippen LogP) is 3.11. The highest BCUT2D eigenvalue weighted by Gasteiger charge is 2.42. The van der Waals surface area contributed by atoms with E-state index in [0.29, 0.717) is 11.5 Å². The first-order chi connectivity index (χ1) is 13.6. The Bertz CT molecular complexity index is 848. The van der Waals surface area contributed by atoms with Crippen LogP contribution in [0.1, 0.15) is 48.0 Å². The van der Waals surface area contributed by atoms with Gasteiger partial charge in [-0.05, 0) is 48.8 Å². The van der Waals surface area contributed by atoms with Gasteiger partial charge in [0.25, 0.3) is 5.91 Å². The molecule has 2 aliphatic rings. The van der Waals surface area contributed by atoms with E-state index in [1.807, 2.05) is 4.90 Å². The second-order valence-corrected chi connectivity index (χ2v) is 8.37. The third-order valence-corrected chi connectivity index (χ3v) is 6.58. The molecule has 0 radical (unpaired) electrons. The topological polar surface area (TPSA) is 56.4 Å². The summed E-state index contributed by atoms with van der Waals surface area (Å²) in [6, 6.07) is 13.9. The maximum atomic E-state index is 12.8. The predicted molar refractivity (Wildman–Crippen MR) is 111 cm³/mol. The van der Waals surface area contributed by atoms with Crippen molar-refractivity contribution in [3.63, 3.8) is 0 Å². The number of likely N-dealkylation sites (N-methyl/N-ethyl adjacent to an activating group) is 1. The maximum absolute atomic E-state index is 12.8. The minimum Gasteiger partial charge on any atom is -0.339 e. The zero-order chi connectivity index (χ0) is 19.6. The van der Waals surface area contributed by atoms with Crippen LogP contribution in [-0.4, -0.2) is 53.4 Å². The van der Waals surface area contributed by atoms with Gasteiger partial charge in [0.15, 0.2) is 0 Å². The van der Waals surface area contributed by atoms with Gasteiger partial charge in [-0.25, -0.2) is 0 Å². The third kappa shape index (κ3) is 3.90. The van der Waals surface area contributed by atoms with Gasteiger partial charge in [-0.1, -0.05) is 37.3 Å². The van der Waals surface area contributed by atoms with E-state index in [2.05, 4.69) is 47.1 Å². The molecule has 5 heteroatoms. The summed E-state index contributed by atoms with van der Waals surface area (Å²) >= 11 is 0. The summed E-state index contributed by atoms with van der Waals surface area (Å²) in [5.74, 6) is 0.588. The highest BCUT2D eigenvalue weighted by molar-refractivity contribution is 5.93. The molecule has 2 saturated heterocycles. The SMILES string of the molecule is CCN1CC(c2ccccc2)CC2(CCN(C(=O)c3ccc(=O)[nH]c3)CC2)C1. The van der Waals surface area contributed by atoms with Crippen LogP contribution in [0.3, 0.4) is 0 Å². The summed E-state index contributed by atoms with van der Waals surface area (Å²) in [4.78, 5) is 31.2. The molecule has 2 aliphatic heterocycles. The van der Waals surface area contributed by atoms with Crippen molar-refractivity contribution in [2.75, 3.05) is 32.7 Å². The first kappa shape index (κ1) is 18.9. The van der Waals surface area contributed by atoms with Crippen molar-refractivity contribution in [1.82, 2.24) is 14.8 Å². The fourth-order valence-corrected chi connectivity index (χ4v) is 4.96. The number of benzene rings is 1. The summed E-state index contributed by atoms with van der Waals surface area (Å²) in [5.41, 5.74) is 2.11. The van der Waals surface area contributed by atoms with Crippen LogP contribution in [0.25, 0.3) is 0 Å².